The molecular formula is C17H30N2O3. The van der Waals surface area contributed by atoms with Crippen LogP contribution >= 0.6 is 0 Å². The lowest BCUT2D eigenvalue weighted by Gasteiger charge is -2.25. The van der Waals surface area contributed by atoms with Crippen LogP contribution in [0, 0.1) is 6.92 Å². The molecule has 1 amide bonds. The molecule has 0 spiro atoms. The number of anilines is 1. The Morgan fingerprint density at radius 3 is 2.32 bits per heavy atom. The zero-order chi connectivity index (χ0) is 16.6. The van der Waals surface area contributed by atoms with E-state index in [4.69, 9.17) is 9.47 Å². The molecule has 1 aromatic rings. The van der Waals surface area contributed by atoms with Gasteiger partial charge in [0.25, 0.3) is 0 Å². The maximum absolute atomic E-state index is 9.95. The molecule has 1 aromatic carbocycles. The summed E-state index contributed by atoms with van der Waals surface area (Å²) in [6.45, 7) is 11.8. The standard InChI is InChI=1S/C8H9NO.C7H15NO2.C2H6/c1-7-2-4-8(5-3-7)9-6-10;1-9-5-2-8-3-6-10-7-4-8;1-2/h2-6H,1H3,(H,9,10);2-7H2,1H3;1-2H3. The molecule has 0 radical (unpaired) electrons. The lowest BCUT2D eigenvalue weighted by atomic mass is 10.2. The van der Waals surface area contributed by atoms with Gasteiger partial charge in [-0.3, -0.25) is 9.69 Å². The molecule has 5 nitrogen and oxygen atoms in total. The predicted octanol–water partition coefficient (Wildman–Crippen LogP) is 2.55. The maximum Gasteiger partial charge on any atom is 0.211 e. The Morgan fingerprint density at radius 2 is 1.82 bits per heavy atom. The van der Waals surface area contributed by atoms with E-state index in [0.717, 1.165) is 45.1 Å². The molecular weight excluding hydrogens is 280 g/mol. The smallest absolute Gasteiger partial charge is 0.211 e. The lowest BCUT2D eigenvalue weighted by molar-refractivity contribution is -0.105. The number of morpholine rings is 1. The summed E-state index contributed by atoms with van der Waals surface area (Å²) in [5.41, 5.74) is 2.03. The third-order valence-electron chi connectivity index (χ3n) is 2.99. The van der Waals surface area contributed by atoms with Gasteiger partial charge in [-0.15, -0.1) is 0 Å². The minimum atomic E-state index is 0.671. The second-order valence-corrected chi connectivity index (χ2v) is 4.58. The molecule has 5 heteroatoms. The van der Waals surface area contributed by atoms with Crippen LogP contribution in [0.25, 0.3) is 0 Å². The number of amides is 1. The molecule has 0 atom stereocenters. The van der Waals surface area contributed by atoms with Crippen LogP contribution in [-0.4, -0.2) is 57.9 Å². The number of benzene rings is 1. The van der Waals surface area contributed by atoms with Crippen LogP contribution in [0.4, 0.5) is 5.69 Å². The van der Waals surface area contributed by atoms with Gasteiger partial charge in [0.05, 0.1) is 19.8 Å². The molecule has 126 valence electrons. The number of ether oxygens (including phenoxy) is 2. The van der Waals surface area contributed by atoms with Gasteiger partial charge in [0, 0.05) is 32.4 Å². The summed E-state index contributed by atoms with van der Waals surface area (Å²) in [7, 11) is 1.74. The number of carbonyl (C=O) groups is 1. The van der Waals surface area contributed by atoms with Gasteiger partial charge in [-0.2, -0.15) is 0 Å². The Morgan fingerprint density at radius 1 is 1.23 bits per heavy atom. The van der Waals surface area contributed by atoms with Gasteiger partial charge >= 0.3 is 0 Å². The van der Waals surface area contributed by atoms with Crippen molar-refractivity contribution >= 4 is 12.1 Å². The van der Waals surface area contributed by atoms with Crippen LogP contribution in [0.1, 0.15) is 19.4 Å². The fourth-order valence-electron chi connectivity index (χ4n) is 1.76. The number of methoxy groups -OCH3 is 1. The van der Waals surface area contributed by atoms with Gasteiger partial charge in [0.15, 0.2) is 0 Å². The van der Waals surface area contributed by atoms with Crippen molar-refractivity contribution in [3.63, 3.8) is 0 Å². The average Bonchev–Trinajstić information content (AvgIpc) is 2.59. The van der Waals surface area contributed by atoms with Crippen molar-refractivity contribution in [3.8, 4) is 0 Å². The van der Waals surface area contributed by atoms with E-state index < -0.39 is 0 Å². The zero-order valence-electron chi connectivity index (χ0n) is 14.3. The summed E-state index contributed by atoms with van der Waals surface area (Å²) in [5, 5.41) is 2.55. The fourth-order valence-corrected chi connectivity index (χ4v) is 1.76. The van der Waals surface area contributed by atoms with Crippen molar-refractivity contribution < 1.29 is 14.3 Å². The number of nitrogens with zero attached hydrogens (tertiary/aromatic N) is 1. The molecule has 1 saturated heterocycles. The number of nitrogens with one attached hydrogen (secondary N) is 1. The highest BCUT2D eigenvalue weighted by Gasteiger charge is 2.08. The largest absolute Gasteiger partial charge is 0.383 e. The van der Waals surface area contributed by atoms with E-state index in [0.29, 0.717) is 6.41 Å². The van der Waals surface area contributed by atoms with E-state index in [2.05, 4.69) is 10.2 Å². The Bertz CT molecular complexity index is 363. The molecule has 0 bridgehead atoms. The number of aryl methyl sites for hydroxylation is 1. The second-order valence-electron chi connectivity index (χ2n) is 4.58. The Balaban J connectivity index is 0.000000360. The summed E-state index contributed by atoms with van der Waals surface area (Å²) in [6, 6.07) is 7.63. The normalized spacial score (nSPS) is 14.0. The first-order valence-electron chi connectivity index (χ1n) is 7.82. The van der Waals surface area contributed by atoms with E-state index in [1.807, 2.05) is 45.0 Å². The Kier molecular flexibility index (Phi) is 13.6. The van der Waals surface area contributed by atoms with Crippen molar-refractivity contribution in [2.75, 3.05) is 51.9 Å². The van der Waals surface area contributed by atoms with Crippen LogP contribution in [0.2, 0.25) is 0 Å². The number of carbonyl (C=O) groups excluding carboxylic acids is 1. The monoisotopic (exact) mass is 310 g/mol. The molecule has 22 heavy (non-hydrogen) atoms. The van der Waals surface area contributed by atoms with Crippen molar-refractivity contribution in [3.05, 3.63) is 29.8 Å². The van der Waals surface area contributed by atoms with Crippen LogP contribution in [0.5, 0.6) is 0 Å². The second kappa shape index (κ2) is 14.5. The number of hydrogen-bond donors (Lipinski definition) is 1. The molecule has 1 N–H and O–H groups in total. The molecule has 1 heterocycles. The highest BCUT2D eigenvalue weighted by Crippen LogP contribution is 2.06. The molecule has 1 fully saturated rings. The van der Waals surface area contributed by atoms with E-state index in [1.54, 1.807) is 7.11 Å². The summed E-state index contributed by atoms with van der Waals surface area (Å²) in [6.07, 6.45) is 0.671. The molecule has 2 rings (SSSR count). The molecule has 0 aliphatic carbocycles. The van der Waals surface area contributed by atoms with Crippen LogP contribution in [-0.2, 0) is 14.3 Å². The molecule has 1 aliphatic rings. The predicted molar refractivity (Wildman–Crippen MR) is 91.3 cm³/mol. The molecule has 1 aliphatic heterocycles. The van der Waals surface area contributed by atoms with Crippen molar-refractivity contribution in [2.24, 2.45) is 0 Å². The zero-order valence-corrected chi connectivity index (χ0v) is 14.3. The minimum absolute atomic E-state index is 0.671. The van der Waals surface area contributed by atoms with E-state index in [9.17, 15) is 4.79 Å². The quantitative estimate of drug-likeness (QED) is 0.849. The van der Waals surface area contributed by atoms with Crippen molar-refractivity contribution in [1.29, 1.82) is 0 Å². The van der Waals surface area contributed by atoms with Crippen LogP contribution in [0.3, 0.4) is 0 Å². The highest BCUT2D eigenvalue weighted by atomic mass is 16.5. The van der Waals surface area contributed by atoms with Gasteiger partial charge < -0.3 is 14.8 Å². The Hall–Kier alpha value is -1.43. The van der Waals surface area contributed by atoms with Gasteiger partial charge in [0.2, 0.25) is 6.41 Å². The van der Waals surface area contributed by atoms with E-state index >= 15 is 0 Å². The SMILES string of the molecule is CC.COCCN1CCOCC1.Cc1ccc(NC=O)cc1. The number of hydrogen-bond acceptors (Lipinski definition) is 4. The van der Waals surface area contributed by atoms with Crippen LogP contribution < -0.4 is 5.32 Å². The maximum atomic E-state index is 9.95. The third kappa shape index (κ3) is 10.3. The third-order valence-corrected chi connectivity index (χ3v) is 2.99. The summed E-state index contributed by atoms with van der Waals surface area (Å²) in [5.74, 6) is 0. The average molecular weight is 310 g/mol. The van der Waals surface area contributed by atoms with Crippen molar-refractivity contribution in [1.82, 2.24) is 4.90 Å². The van der Waals surface area contributed by atoms with Crippen molar-refractivity contribution in [2.45, 2.75) is 20.8 Å². The fraction of sp³-hybridized carbons (Fsp3) is 0.588. The van der Waals surface area contributed by atoms with Gasteiger partial charge in [-0.25, -0.2) is 0 Å². The first-order valence-corrected chi connectivity index (χ1v) is 7.82. The van der Waals surface area contributed by atoms with Crippen LogP contribution in [0.15, 0.2) is 24.3 Å². The van der Waals surface area contributed by atoms with E-state index in [-0.39, 0.29) is 0 Å². The van der Waals surface area contributed by atoms with Gasteiger partial charge in [0.1, 0.15) is 0 Å². The molecule has 0 aromatic heterocycles. The summed E-state index contributed by atoms with van der Waals surface area (Å²) < 4.78 is 10.2. The first kappa shape index (κ1) is 20.6. The molecule has 0 saturated carbocycles. The summed E-state index contributed by atoms with van der Waals surface area (Å²) >= 11 is 0. The van der Waals surface area contributed by atoms with Gasteiger partial charge in [-0.05, 0) is 19.1 Å². The molecule has 0 unspecified atom stereocenters. The number of rotatable bonds is 5. The van der Waals surface area contributed by atoms with E-state index in [1.165, 1.54) is 5.56 Å². The van der Waals surface area contributed by atoms with Gasteiger partial charge in [-0.1, -0.05) is 31.5 Å². The highest BCUT2D eigenvalue weighted by molar-refractivity contribution is 5.70. The topological polar surface area (TPSA) is 50.8 Å². The summed E-state index contributed by atoms with van der Waals surface area (Å²) in [4.78, 5) is 12.3. The Labute approximate surface area is 134 Å². The lowest BCUT2D eigenvalue weighted by Crippen LogP contribution is -2.38. The minimum Gasteiger partial charge on any atom is -0.383 e. The first-order chi connectivity index (χ1) is 10.8.